The molecule has 10 nitrogen and oxygen atoms in total. The van der Waals surface area contributed by atoms with Gasteiger partial charge in [0, 0.05) is 24.7 Å². The number of imide groups is 2. The molecule has 1 aromatic carbocycles. The van der Waals surface area contributed by atoms with E-state index in [4.69, 9.17) is 4.74 Å². The van der Waals surface area contributed by atoms with Gasteiger partial charge in [0.15, 0.2) is 5.54 Å². The van der Waals surface area contributed by atoms with Crippen LogP contribution in [0.2, 0.25) is 0 Å². The number of ether oxygens (including phenoxy) is 1. The molecule has 0 atom stereocenters. The van der Waals surface area contributed by atoms with E-state index >= 15 is 0 Å². The summed E-state index contributed by atoms with van der Waals surface area (Å²) in [5.41, 5.74) is 1.01. The number of hydrogen-bond donors (Lipinski definition) is 2. The Morgan fingerprint density at radius 2 is 1.84 bits per heavy atom. The van der Waals surface area contributed by atoms with Crippen LogP contribution in [0.4, 0.5) is 10.5 Å². The number of rotatable bonds is 4. The molecular formula is C22H22N6O4. The van der Waals surface area contributed by atoms with Crippen LogP contribution < -0.4 is 20.3 Å². The van der Waals surface area contributed by atoms with Crippen molar-refractivity contribution >= 4 is 34.6 Å². The molecule has 3 aromatic rings. The Balaban J connectivity index is 1.37. The second-order valence-electron chi connectivity index (χ2n) is 8.21. The highest BCUT2D eigenvalue weighted by Gasteiger charge is 2.57. The molecule has 0 aliphatic carbocycles. The molecule has 1 spiro atoms. The average Bonchev–Trinajstić information content (AvgIpc) is 3.38. The summed E-state index contributed by atoms with van der Waals surface area (Å²) in [6.07, 6.45) is 4.32. The fourth-order valence-corrected chi connectivity index (χ4v) is 4.39. The molecule has 2 aromatic heterocycles. The number of barbiturate groups is 1. The van der Waals surface area contributed by atoms with Crippen molar-refractivity contribution in [3.8, 4) is 11.6 Å². The molecule has 2 aliphatic heterocycles. The minimum Gasteiger partial charge on any atom is -0.439 e. The first-order valence-electron chi connectivity index (χ1n) is 10.4. The van der Waals surface area contributed by atoms with Crippen molar-refractivity contribution < 1.29 is 19.1 Å². The van der Waals surface area contributed by atoms with E-state index in [0.717, 1.165) is 11.0 Å². The third-order valence-electron chi connectivity index (χ3n) is 5.94. The molecule has 2 fully saturated rings. The van der Waals surface area contributed by atoms with Gasteiger partial charge in [0.05, 0.1) is 29.2 Å². The maximum atomic E-state index is 12.6. The summed E-state index contributed by atoms with van der Waals surface area (Å²) in [4.78, 5) is 47.1. The van der Waals surface area contributed by atoms with Crippen molar-refractivity contribution in [1.82, 2.24) is 25.2 Å². The second kappa shape index (κ2) is 7.33. The Hall–Kier alpha value is -3.95. The molecule has 0 radical (unpaired) electrons. The number of aromatic nitrogens is 3. The lowest BCUT2D eigenvalue weighted by atomic mass is 9.92. The fourth-order valence-electron chi connectivity index (χ4n) is 4.39. The molecule has 5 rings (SSSR count). The molecule has 10 heteroatoms. The van der Waals surface area contributed by atoms with Gasteiger partial charge in [-0.3, -0.25) is 20.2 Å². The number of amides is 4. The van der Waals surface area contributed by atoms with Crippen LogP contribution in [-0.2, 0) is 9.59 Å². The molecule has 2 aliphatic rings. The quantitative estimate of drug-likeness (QED) is 0.606. The van der Waals surface area contributed by atoms with E-state index in [1.54, 1.807) is 23.2 Å². The van der Waals surface area contributed by atoms with Gasteiger partial charge in [-0.2, -0.15) is 0 Å². The molecule has 2 N–H and O–H groups in total. The molecule has 164 valence electrons. The zero-order valence-electron chi connectivity index (χ0n) is 17.7. The maximum absolute atomic E-state index is 12.6. The van der Waals surface area contributed by atoms with Crippen molar-refractivity contribution in [2.45, 2.75) is 38.3 Å². The lowest BCUT2D eigenvalue weighted by Gasteiger charge is -2.38. The number of pyridine rings is 1. The normalized spacial score (nSPS) is 17.8. The van der Waals surface area contributed by atoms with E-state index in [0.29, 0.717) is 42.7 Å². The van der Waals surface area contributed by atoms with Gasteiger partial charge in [0.1, 0.15) is 5.75 Å². The largest absolute Gasteiger partial charge is 0.439 e. The van der Waals surface area contributed by atoms with Gasteiger partial charge in [-0.15, -0.1) is 0 Å². The number of urea groups is 1. The smallest absolute Gasteiger partial charge is 0.328 e. The Bertz CT molecular complexity index is 1210. The number of imidazole rings is 1. The minimum absolute atomic E-state index is 0.307. The van der Waals surface area contributed by atoms with E-state index in [1.807, 2.05) is 24.5 Å². The molecule has 0 saturated carbocycles. The third kappa shape index (κ3) is 3.06. The molecular weight excluding hydrogens is 412 g/mol. The molecule has 32 heavy (non-hydrogen) atoms. The second-order valence-corrected chi connectivity index (χ2v) is 8.21. The first-order valence-corrected chi connectivity index (χ1v) is 10.4. The predicted molar refractivity (Wildman–Crippen MR) is 115 cm³/mol. The number of fused-ring (bicyclic) bond motifs is 1. The maximum Gasteiger partial charge on any atom is 0.328 e. The van der Waals surface area contributed by atoms with Crippen molar-refractivity contribution in [3.05, 3.63) is 42.9 Å². The molecule has 0 unspecified atom stereocenters. The molecule has 4 heterocycles. The summed E-state index contributed by atoms with van der Waals surface area (Å²) >= 11 is 0. The number of nitrogens with zero attached hydrogens (tertiary/aromatic N) is 4. The summed E-state index contributed by atoms with van der Waals surface area (Å²) in [6.45, 7) is 4.69. The van der Waals surface area contributed by atoms with Crippen molar-refractivity contribution in [2.24, 2.45) is 0 Å². The van der Waals surface area contributed by atoms with Crippen LogP contribution in [0.5, 0.6) is 11.6 Å². The van der Waals surface area contributed by atoms with E-state index in [-0.39, 0.29) is 0 Å². The van der Waals surface area contributed by atoms with Crippen LogP contribution in [0.3, 0.4) is 0 Å². The summed E-state index contributed by atoms with van der Waals surface area (Å²) in [5.74, 6) is -0.247. The first kappa shape index (κ1) is 20.0. The molecule has 2 saturated heterocycles. The van der Waals surface area contributed by atoms with Gasteiger partial charge >= 0.3 is 6.03 Å². The van der Waals surface area contributed by atoms with Crippen LogP contribution in [0.15, 0.2) is 42.9 Å². The van der Waals surface area contributed by atoms with Gasteiger partial charge in [-0.05, 0) is 44.9 Å². The summed E-state index contributed by atoms with van der Waals surface area (Å²) in [6, 6.07) is 8.62. The zero-order valence-corrected chi connectivity index (χ0v) is 17.7. The van der Waals surface area contributed by atoms with Crippen molar-refractivity contribution in [3.63, 3.8) is 0 Å². The SMILES string of the molecule is CC(C)n1cnc2cc(Oc3ccc(N4CCCC45C(=O)NC(=O)NC5=O)cn3)ccc21. The number of nitrogens with one attached hydrogen (secondary N) is 2. The lowest BCUT2D eigenvalue weighted by molar-refractivity contribution is -0.137. The monoisotopic (exact) mass is 434 g/mol. The Labute approximate surface area is 183 Å². The highest BCUT2D eigenvalue weighted by molar-refractivity contribution is 6.24. The van der Waals surface area contributed by atoms with E-state index < -0.39 is 23.4 Å². The predicted octanol–water partition coefficient (Wildman–Crippen LogP) is 2.51. The van der Waals surface area contributed by atoms with Gasteiger partial charge in [0.2, 0.25) is 5.88 Å². The number of hydrogen-bond acceptors (Lipinski definition) is 7. The molecule has 0 bridgehead atoms. The first-order chi connectivity index (χ1) is 15.4. The van der Waals surface area contributed by atoms with E-state index in [1.165, 1.54) is 0 Å². The Kier molecular flexibility index (Phi) is 4.58. The van der Waals surface area contributed by atoms with E-state index in [9.17, 15) is 14.4 Å². The number of benzene rings is 1. The van der Waals surface area contributed by atoms with Gasteiger partial charge < -0.3 is 14.2 Å². The van der Waals surface area contributed by atoms with Gasteiger partial charge in [0.25, 0.3) is 11.8 Å². The lowest BCUT2D eigenvalue weighted by Crippen LogP contribution is -2.71. The zero-order chi connectivity index (χ0) is 22.5. The standard InChI is InChI=1S/C22H22N6O4/c1-13(2)27-12-24-16-10-15(5-6-17(16)27)32-18-7-4-14(11-23-18)28-9-3-8-22(28)19(29)25-21(31)26-20(22)30/h4-7,10-13H,3,8-9H2,1-2H3,(H2,25,26,29,30,31). The minimum atomic E-state index is -1.45. The topological polar surface area (TPSA) is 118 Å². The number of carbonyl (C=O) groups excluding carboxylic acids is 3. The Morgan fingerprint density at radius 1 is 1.06 bits per heavy atom. The highest BCUT2D eigenvalue weighted by Crippen LogP contribution is 2.36. The van der Waals surface area contributed by atoms with Gasteiger partial charge in [-0.25, -0.2) is 14.8 Å². The fraction of sp³-hybridized carbons (Fsp3) is 0.318. The summed E-state index contributed by atoms with van der Waals surface area (Å²) in [7, 11) is 0. The highest BCUT2D eigenvalue weighted by atomic mass is 16.5. The Morgan fingerprint density at radius 3 is 2.53 bits per heavy atom. The number of anilines is 1. The van der Waals surface area contributed by atoms with Crippen LogP contribution in [-0.4, -0.2) is 44.5 Å². The molecule has 4 amide bonds. The van der Waals surface area contributed by atoms with Crippen LogP contribution >= 0.6 is 0 Å². The van der Waals surface area contributed by atoms with E-state index in [2.05, 4.69) is 39.0 Å². The van der Waals surface area contributed by atoms with Crippen LogP contribution in [0.1, 0.15) is 32.7 Å². The van der Waals surface area contributed by atoms with Crippen molar-refractivity contribution in [2.75, 3.05) is 11.4 Å². The average molecular weight is 434 g/mol. The van der Waals surface area contributed by atoms with Crippen molar-refractivity contribution in [1.29, 1.82) is 0 Å². The number of carbonyl (C=O) groups is 3. The van der Waals surface area contributed by atoms with Crippen LogP contribution in [0, 0.1) is 0 Å². The summed E-state index contributed by atoms with van der Waals surface area (Å²) < 4.78 is 7.97. The third-order valence-corrected chi connectivity index (χ3v) is 5.94. The van der Waals surface area contributed by atoms with Gasteiger partial charge in [-0.1, -0.05) is 0 Å². The summed E-state index contributed by atoms with van der Waals surface area (Å²) in [5, 5.41) is 4.41. The van der Waals surface area contributed by atoms with Crippen LogP contribution in [0.25, 0.3) is 11.0 Å².